The average Bonchev–Trinajstić information content (AvgIpc) is 3.04. The number of nitrogens with zero attached hydrogens (tertiary/aromatic N) is 1. The molecular formula is C12H11N3O2S. The first-order chi connectivity index (χ1) is 8.79. The van der Waals surface area contributed by atoms with E-state index in [1.54, 1.807) is 18.2 Å². The van der Waals surface area contributed by atoms with Gasteiger partial charge in [0.1, 0.15) is 12.0 Å². The number of aromatic nitrogens is 1. The van der Waals surface area contributed by atoms with Gasteiger partial charge in [-0.05, 0) is 12.1 Å². The Kier molecular flexibility index (Phi) is 4.12. The molecule has 0 bridgehead atoms. The first-order valence-corrected chi connectivity index (χ1v) is 6.07. The van der Waals surface area contributed by atoms with Crippen molar-refractivity contribution in [2.45, 2.75) is 6.54 Å². The van der Waals surface area contributed by atoms with Gasteiger partial charge in [-0.15, -0.1) is 11.3 Å². The maximum atomic E-state index is 11.8. The number of nitrogens with one attached hydrogen (secondary N) is 1. The minimum atomic E-state index is -0.149. The average molecular weight is 261 g/mol. The van der Waals surface area contributed by atoms with Crippen LogP contribution in [0.2, 0.25) is 0 Å². The van der Waals surface area contributed by atoms with Crippen molar-refractivity contribution in [2.24, 2.45) is 5.73 Å². The first-order valence-electron chi connectivity index (χ1n) is 5.26. The highest BCUT2D eigenvalue weighted by Crippen LogP contribution is 2.15. The molecule has 0 saturated carbocycles. The second-order valence-electron chi connectivity index (χ2n) is 3.34. The van der Waals surface area contributed by atoms with Gasteiger partial charge in [0.05, 0.1) is 22.8 Å². The van der Waals surface area contributed by atoms with Gasteiger partial charge in [-0.3, -0.25) is 4.79 Å². The summed E-state index contributed by atoms with van der Waals surface area (Å²) in [5.74, 6) is 5.48. The molecule has 2 rings (SSSR count). The van der Waals surface area contributed by atoms with Crippen molar-refractivity contribution >= 4 is 17.2 Å². The maximum Gasteiger partial charge on any atom is 0.261 e. The van der Waals surface area contributed by atoms with Crippen LogP contribution < -0.4 is 11.1 Å². The van der Waals surface area contributed by atoms with E-state index in [0.717, 1.165) is 4.88 Å². The van der Waals surface area contributed by atoms with Gasteiger partial charge in [-0.2, -0.15) is 0 Å². The number of hydrogen-bond donors (Lipinski definition) is 2. The van der Waals surface area contributed by atoms with Gasteiger partial charge in [0, 0.05) is 6.07 Å². The molecule has 0 unspecified atom stereocenters. The number of thiophene rings is 1. The molecule has 0 atom stereocenters. The van der Waals surface area contributed by atoms with E-state index in [9.17, 15) is 4.79 Å². The Labute approximate surface area is 108 Å². The molecule has 5 nitrogen and oxygen atoms in total. The predicted octanol–water partition coefficient (Wildman–Crippen LogP) is 0.976. The zero-order valence-corrected chi connectivity index (χ0v) is 10.3. The number of hydrogen-bond acceptors (Lipinski definition) is 5. The normalized spacial score (nSPS) is 9.61. The van der Waals surface area contributed by atoms with Gasteiger partial charge in [-0.25, -0.2) is 0 Å². The molecule has 0 fully saturated rings. The smallest absolute Gasteiger partial charge is 0.261 e. The predicted molar refractivity (Wildman–Crippen MR) is 67.9 cm³/mol. The number of carbonyl (C=O) groups is 1. The fourth-order valence-corrected chi connectivity index (χ4v) is 2.05. The van der Waals surface area contributed by atoms with E-state index >= 15 is 0 Å². The Balaban J connectivity index is 1.94. The number of carbonyl (C=O) groups excluding carboxylic acids is 1. The van der Waals surface area contributed by atoms with E-state index in [1.165, 1.54) is 17.6 Å². The van der Waals surface area contributed by atoms with Gasteiger partial charge in [0.15, 0.2) is 0 Å². The van der Waals surface area contributed by atoms with Crippen LogP contribution in [0.4, 0.5) is 0 Å². The summed E-state index contributed by atoms with van der Waals surface area (Å²) in [6.07, 6.45) is 1.47. The lowest BCUT2D eigenvalue weighted by Crippen LogP contribution is -2.21. The van der Waals surface area contributed by atoms with Crippen molar-refractivity contribution in [3.05, 3.63) is 39.9 Å². The minimum absolute atomic E-state index is 0.149. The van der Waals surface area contributed by atoms with E-state index < -0.39 is 0 Å². The minimum Gasteiger partial charge on any atom is -0.364 e. The molecule has 3 N–H and O–H groups in total. The molecule has 0 aliphatic heterocycles. The zero-order chi connectivity index (χ0) is 12.8. The van der Waals surface area contributed by atoms with Gasteiger partial charge in [0.2, 0.25) is 0 Å². The monoisotopic (exact) mass is 261 g/mol. The van der Waals surface area contributed by atoms with Crippen molar-refractivity contribution in [3.63, 3.8) is 0 Å². The summed E-state index contributed by atoms with van der Waals surface area (Å²) in [6, 6.07) is 5.24. The third kappa shape index (κ3) is 3.20. The third-order valence-corrected chi connectivity index (χ3v) is 3.06. The Morgan fingerprint density at radius 3 is 3.11 bits per heavy atom. The van der Waals surface area contributed by atoms with Crippen LogP contribution in [0, 0.1) is 11.8 Å². The maximum absolute atomic E-state index is 11.8. The molecule has 0 radical (unpaired) electrons. The lowest BCUT2D eigenvalue weighted by Gasteiger charge is -1.99. The van der Waals surface area contributed by atoms with E-state index in [2.05, 4.69) is 26.8 Å². The number of rotatable bonds is 3. The second-order valence-corrected chi connectivity index (χ2v) is 4.43. The van der Waals surface area contributed by atoms with Gasteiger partial charge < -0.3 is 15.6 Å². The van der Waals surface area contributed by atoms with Crippen LogP contribution in [0.3, 0.4) is 0 Å². The molecule has 2 heterocycles. The van der Waals surface area contributed by atoms with Crippen LogP contribution in [0.5, 0.6) is 0 Å². The van der Waals surface area contributed by atoms with E-state index in [-0.39, 0.29) is 5.91 Å². The van der Waals surface area contributed by atoms with Crippen molar-refractivity contribution in [1.29, 1.82) is 0 Å². The number of nitrogens with two attached hydrogens (primary N) is 1. The highest BCUT2D eigenvalue weighted by Gasteiger charge is 2.08. The Morgan fingerprint density at radius 1 is 1.50 bits per heavy atom. The Bertz CT molecular complexity index is 578. The summed E-state index contributed by atoms with van der Waals surface area (Å²) in [7, 11) is 0. The first kappa shape index (κ1) is 12.4. The Morgan fingerprint density at radius 2 is 2.39 bits per heavy atom. The van der Waals surface area contributed by atoms with Gasteiger partial charge in [-0.1, -0.05) is 17.0 Å². The molecule has 0 spiro atoms. The van der Waals surface area contributed by atoms with Crippen molar-refractivity contribution in [2.75, 3.05) is 6.54 Å². The standard InChI is InChI=1S/C12H11N3O2S/c13-6-1-2-10-3-4-11(18-10)12(16)14-8-9-5-7-17-15-9/h3-5,7H,6,8,13H2,(H,14,16). The molecule has 2 aromatic rings. The van der Waals surface area contributed by atoms with Gasteiger partial charge in [0.25, 0.3) is 5.91 Å². The lowest BCUT2D eigenvalue weighted by atomic mass is 10.4. The van der Waals surface area contributed by atoms with Crippen LogP contribution in [-0.2, 0) is 6.54 Å². The van der Waals surface area contributed by atoms with Crippen molar-refractivity contribution in [1.82, 2.24) is 10.5 Å². The summed E-state index contributed by atoms with van der Waals surface area (Å²) in [6.45, 7) is 0.655. The summed E-state index contributed by atoms with van der Waals surface area (Å²) < 4.78 is 4.67. The molecular weight excluding hydrogens is 250 g/mol. The molecule has 18 heavy (non-hydrogen) atoms. The quantitative estimate of drug-likeness (QED) is 0.807. The fraction of sp³-hybridized carbons (Fsp3) is 0.167. The summed E-state index contributed by atoms with van der Waals surface area (Å²) in [5, 5.41) is 6.45. The molecule has 92 valence electrons. The third-order valence-electron chi connectivity index (χ3n) is 2.06. The molecule has 0 aliphatic carbocycles. The topological polar surface area (TPSA) is 81.2 Å². The molecule has 6 heteroatoms. The van der Waals surface area contributed by atoms with Crippen LogP contribution in [-0.4, -0.2) is 17.6 Å². The molecule has 0 aliphatic rings. The van der Waals surface area contributed by atoms with Crippen LogP contribution in [0.25, 0.3) is 0 Å². The summed E-state index contributed by atoms with van der Waals surface area (Å²) in [5.41, 5.74) is 5.96. The summed E-state index contributed by atoms with van der Waals surface area (Å²) >= 11 is 1.33. The zero-order valence-electron chi connectivity index (χ0n) is 9.47. The van der Waals surface area contributed by atoms with Gasteiger partial charge >= 0.3 is 0 Å². The highest BCUT2D eigenvalue weighted by atomic mass is 32.1. The number of amides is 1. The molecule has 1 amide bonds. The van der Waals surface area contributed by atoms with Crippen LogP contribution >= 0.6 is 11.3 Å². The largest absolute Gasteiger partial charge is 0.364 e. The molecule has 0 aromatic carbocycles. The molecule has 2 aromatic heterocycles. The van der Waals surface area contributed by atoms with E-state index in [0.29, 0.717) is 23.7 Å². The van der Waals surface area contributed by atoms with Crippen molar-refractivity contribution in [3.8, 4) is 11.8 Å². The van der Waals surface area contributed by atoms with Crippen LogP contribution in [0.1, 0.15) is 20.2 Å². The van der Waals surface area contributed by atoms with E-state index in [1.807, 2.05) is 0 Å². The van der Waals surface area contributed by atoms with Crippen LogP contribution in [0.15, 0.2) is 29.0 Å². The molecule has 0 saturated heterocycles. The summed E-state index contributed by atoms with van der Waals surface area (Å²) in [4.78, 5) is 13.2. The second kappa shape index (κ2) is 6.00. The Hall–Kier alpha value is -2.10. The van der Waals surface area contributed by atoms with Crippen molar-refractivity contribution < 1.29 is 9.32 Å². The highest BCUT2D eigenvalue weighted by molar-refractivity contribution is 7.14. The lowest BCUT2D eigenvalue weighted by molar-refractivity contribution is 0.0954. The van der Waals surface area contributed by atoms with E-state index in [4.69, 9.17) is 5.73 Å². The SMILES string of the molecule is NCC#Cc1ccc(C(=O)NCc2ccon2)s1. The fourth-order valence-electron chi connectivity index (χ4n) is 1.25.